The first kappa shape index (κ1) is 17.8. The van der Waals surface area contributed by atoms with Crippen molar-refractivity contribution in [1.82, 2.24) is 20.2 Å². The summed E-state index contributed by atoms with van der Waals surface area (Å²) in [6, 6.07) is 16.4. The molecule has 0 saturated heterocycles. The first-order chi connectivity index (χ1) is 13.2. The zero-order valence-corrected chi connectivity index (χ0v) is 16.7. The number of pyridine rings is 1. The van der Waals surface area contributed by atoms with Crippen molar-refractivity contribution >= 4 is 23.1 Å². The molecule has 27 heavy (non-hydrogen) atoms. The van der Waals surface area contributed by atoms with Crippen LogP contribution in [0, 0.1) is 13.8 Å². The number of hydrogen-bond acceptors (Lipinski definition) is 6. The molecule has 3 aromatic heterocycles. The van der Waals surface area contributed by atoms with E-state index >= 15 is 0 Å². The number of benzene rings is 1. The molecule has 6 heteroatoms. The van der Waals surface area contributed by atoms with Crippen LogP contribution in [0.1, 0.15) is 16.8 Å². The fourth-order valence-electron chi connectivity index (χ4n) is 2.69. The van der Waals surface area contributed by atoms with Gasteiger partial charge >= 0.3 is 0 Å². The Labute approximate surface area is 166 Å². The SMILES string of the molecule is Cc1ccccc1CSc1ccc(-c2sc(-c3cccnc3)nc2C)nn1. The van der Waals surface area contributed by atoms with Gasteiger partial charge in [-0.25, -0.2) is 4.98 Å². The maximum Gasteiger partial charge on any atom is 0.125 e. The molecule has 0 radical (unpaired) electrons. The van der Waals surface area contributed by atoms with Gasteiger partial charge in [0.25, 0.3) is 0 Å². The molecule has 1 aromatic carbocycles. The average molecular weight is 391 g/mol. The van der Waals surface area contributed by atoms with Gasteiger partial charge in [-0.15, -0.1) is 21.5 Å². The number of rotatable bonds is 5. The average Bonchev–Trinajstić information content (AvgIpc) is 3.10. The molecule has 0 aliphatic rings. The van der Waals surface area contributed by atoms with Crippen LogP contribution >= 0.6 is 23.1 Å². The summed E-state index contributed by atoms with van der Waals surface area (Å²) in [5.41, 5.74) is 5.48. The molecule has 4 rings (SSSR count). The molecule has 134 valence electrons. The first-order valence-corrected chi connectivity index (χ1v) is 10.4. The molecule has 0 fully saturated rings. The highest BCUT2D eigenvalue weighted by Gasteiger charge is 2.13. The number of aryl methyl sites for hydroxylation is 2. The standard InChI is InChI=1S/C21H18N4S2/c1-14-6-3-4-7-17(14)13-26-19-10-9-18(24-25-19)20-15(2)23-21(27-20)16-8-5-11-22-12-16/h3-12H,13H2,1-2H3. The maximum absolute atomic E-state index is 4.67. The quantitative estimate of drug-likeness (QED) is 0.417. The molecular weight excluding hydrogens is 372 g/mol. The molecule has 4 aromatic rings. The minimum absolute atomic E-state index is 0.861. The van der Waals surface area contributed by atoms with Crippen LogP contribution in [0.3, 0.4) is 0 Å². The molecule has 4 nitrogen and oxygen atoms in total. The van der Waals surface area contributed by atoms with Gasteiger partial charge < -0.3 is 0 Å². The van der Waals surface area contributed by atoms with Crippen LogP contribution in [-0.4, -0.2) is 20.2 Å². The number of hydrogen-bond donors (Lipinski definition) is 0. The second-order valence-corrected chi connectivity index (χ2v) is 8.14. The zero-order valence-electron chi connectivity index (χ0n) is 15.1. The second-order valence-electron chi connectivity index (χ2n) is 6.15. The Morgan fingerprint density at radius 1 is 0.963 bits per heavy atom. The van der Waals surface area contributed by atoms with E-state index in [0.29, 0.717) is 0 Å². The van der Waals surface area contributed by atoms with E-state index < -0.39 is 0 Å². The third kappa shape index (κ3) is 4.07. The van der Waals surface area contributed by atoms with E-state index in [2.05, 4.69) is 51.4 Å². The highest BCUT2D eigenvalue weighted by Crippen LogP contribution is 2.34. The largest absolute Gasteiger partial charge is 0.264 e. The molecule has 0 N–H and O–H groups in total. The Morgan fingerprint density at radius 3 is 2.59 bits per heavy atom. The van der Waals surface area contributed by atoms with Crippen LogP contribution in [0.4, 0.5) is 0 Å². The van der Waals surface area contributed by atoms with Gasteiger partial charge in [0.1, 0.15) is 15.7 Å². The fourth-order valence-corrected chi connectivity index (χ4v) is 4.60. The van der Waals surface area contributed by atoms with E-state index in [1.807, 2.05) is 37.4 Å². The lowest BCUT2D eigenvalue weighted by atomic mass is 10.1. The topological polar surface area (TPSA) is 51.6 Å². The van der Waals surface area contributed by atoms with E-state index in [1.54, 1.807) is 29.3 Å². The van der Waals surface area contributed by atoms with Crippen molar-refractivity contribution in [3.05, 3.63) is 77.7 Å². The van der Waals surface area contributed by atoms with Crippen LogP contribution in [0.2, 0.25) is 0 Å². The van der Waals surface area contributed by atoms with Crippen LogP contribution in [0.15, 0.2) is 66.0 Å². The van der Waals surface area contributed by atoms with Gasteiger partial charge in [0, 0.05) is 23.7 Å². The summed E-state index contributed by atoms with van der Waals surface area (Å²) in [4.78, 5) is 9.90. The number of aromatic nitrogens is 4. The van der Waals surface area contributed by atoms with E-state index in [-0.39, 0.29) is 0 Å². The Bertz CT molecular complexity index is 1040. The minimum atomic E-state index is 0.861. The number of thioether (sulfide) groups is 1. The predicted octanol–water partition coefficient (Wildman–Crippen LogP) is 5.57. The summed E-state index contributed by atoms with van der Waals surface area (Å²) < 4.78 is 0. The summed E-state index contributed by atoms with van der Waals surface area (Å²) in [6.45, 7) is 4.14. The predicted molar refractivity (Wildman–Crippen MR) is 112 cm³/mol. The Hall–Kier alpha value is -2.57. The highest BCUT2D eigenvalue weighted by atomic mass is 32.2. The smallest absolute Gasteiger partial charge is 0.125 e. The van der Waals surface area contributed by atoms with Crippen LogP contribution in [-0.2, 0) is 5.75 Å². The van der Waals surface area contributed by atoms with Crippen molar-refractivity contribution in [2.24, 2.45) is 0 Å². The van der Waals surface area contributed by atoms with Gasteiger partial charge in [-0.3, -0.25) is 4.98 Å². The van der Waals surface area contributed by atoms with E-state index in [1.165, 1.54) is 11.1 Å². The van der Waals surface area contributed by atoms with Crippen molar-refractivity contribution in [2.75, 3.05) is 0 Å². The maximum atomic E-state index is 4.67. The van der Waals surface area contributed by atoms with Crippen molar-refractivity contribution in [2.45, 2.75) is 24.6 Å². The van der Waals surface area contributed by atoms with Gasteiger partial charge in [0.05, 0.1) is 10.6 Å². The Morgan fingerprint density at radius 2 is 1.85 bits per heavy atom. The molecule has 0 saturated carbocycles. The molecule has 0 aliphatic carbocycles. The molecule has 3 heterocycles. The van der Waals surface area contributed by atoms with Crippen molar-refractivity contribution in [1.29, 1.82) is 0 Å². The minimum Gasteiger partial charge on any atom is -0.264 e. The van der Waals surface area contributed by atoms with E-state index in [4.69, 9.17) is 0 Å². The summed E-state index contributed by atoms with van der Waals surface area (Å²) in [5.74, 6) is 0.894. The van der Waals surface area contributed by atoms with Gasteiger partial charge in [-0.1, -0.05) is 36.0 Å². The third-order valence-electron chi connectivity index (χ3n) is 4.21. The van der Waals surface area contributed by atoms with Crippen molar-refractivity contribution in [3.63, 3.8) is 0 Å². The molecule has 0 spiro atoms. The zero-order chi connectivity index (χ0) is 18.6. The first-order valence-electron chi connectivity index (χ1n) is 8.60. The molecule has 0 unspecified atom stereocenters. The van der Waals surface area contributed by atoms with Gasteiger partial charge in [0.15, 0.2) is 0 Å². The van der Waals surface area contributed by atoms with Gasteiger partial charge in [0.2, 0.25) is 0 Å². The monoisotopic (exact) mass is 390 g/mol. The summed E-state index contributed by atoms with van der Waals surface area (Å²) in [5, 5.41) is 10.7. The van der Waals surface area contributed by atoms with Crippen LogP contribution < -0.4 is 0 Å². The lowest BCUT2D eigenvalue weighted by Crippen LogP contribution is -1.91. The van der Waals surface area contributed by atoms with Crippen LogP contribution in [0.25, 0.3) is 21.1 Å². The lowest BCUT2D eigenvalue weighted by Gasteiger charge is -2.05. The summed E-state index contributed by atoms with van der Waals surface area (Å²) in [6.07, 6.45) is 3.60. The molecule has 0 bridgehead atoms. The summed E-state index contributed by atoms with van der Waals surface area (Å²) >= 11 is 3.33. The van der Waals surface area contributed by atoms with Crippen molar-refractivity contribution in [3.8, 4) is 21.1 Å². The molecule has 0 amide bonds. The number of nitrogens with zero attached hydrogens (tertiary/aromatic N) is 4. The summed E-state index contributed by atoms with van der Waals surface area (Å²) in [7, 11) is 0. The lowest BCUT2D eigenvalue weighted by molar-refractivity contribution is 0.935. The Balaban J connectivity index is 1.51. The van der Waals surface area contributed by atoms with E-state index in [0.717, 1.165) is 37.6 Å². The van der Waals surface area contributed by atoms with Crippen molar-refractivity contribution < 1.29 is 0 Å². The normalized spacial score (nSPS) is 10.9. The van der Waals surface area contributed by atoms with Crippen LogP contribution in [0.5, 0.6) is 0 Å². The Kier molecular flexibility index (Phi) is 5.27. The third-order valence-corrected chi connectivity index (χ3v) is 6.41. The molecule has 0 atom stereocenters. The number of thiazole rings is 1. The van der Waals surface area contributed by atoms with E-state index in [9.17, 15) is 0 Å². The molecular formula is C21H18N4S2. The highest BCUT2D eigenvalue weighted by molar-refractivity contribution is 7.98. The van der Waals surface area contributed by atoms with Gasteiger partial charge in [-0.2, -0.15) is 0 Å². The fraction of sp³-hybridized carbons (Fsp3) is 0.143. The second kappa shape index (κ2) is 7.98. The molecule has 0 aliphatic heterocycles. The van der Waals surface area contributed by atoms with Gasteiger partial charge in [-0.05, 0) is 49.2 Å².